The summed E-state index contributed by atoms with van der Waals surface area (Å²) >= 11 is 0. The number of anilines is 1. The van der Waals surface area contributed by atoms with Crippen molar-refractivity contribution in [3.63, 3.8) is 0 Å². The zero-order valence-corrected chi connectivity index (χ0v) is 16.1. The molecule has 26 heavy (non-hydrogen) atoms. The number of piperidine rings is 1. The van der Waals surface area contributed by atoms with E-state index in [-0.39, 0.29) is 5.91 Å². The van der Waals surface area contributed by atoms with E-state index in [4.69, 9.17) is 4.74 Å². The molecule has 2 heterocycles. The first-order valence-electron chi connectivity index (χ1n) is 9.75. The van der Waals surface area contributed by atoms with E-state index in [1.54, 1.807) is 14.2 Å². The van der Waals surface area contributed by atoms with Crippen molar-refractivity contribution in [3.05, 3.63) is 24.3 Å². The average molecular weight is 361 g/mol. The molecule has 1 amide bonds. The van der Waals surface area contributed by atoms with Crippen LogP contribution in [0, 0.1) is 0 Å². The van der Waals surface area contributed by atoms with Crippen molar-refractivity contribution in [1.29, 1.82) is 0 Å². The van der Waals surface area contributed by atoms with Crippen LogP contribution in [0.4, 0.5) is 5.69 Å². The number of methoxy groups -OCH3 is 1. The molecular formula is C20H32N4O2. The zero-order chi connectivity index (χ0) is 18.4. The standard InChI is InChI=1S/C20H32N4O2/c1-21-20(25)9-11-22-10-3-4-18(16-22)24-14-12-23(13-15-24)17-5-7-19(26-2)8-6-17/h5-8,18H,3-4,9-16H2,1-2H3,(H,21,25)/t18-/m1/s1. The Balaban J connectivity index is 1.47. The topological polar surface area (TPSA) is 48.1 Å². The molecular weight excluding hydrogens is 328 g/mol. The highest BCUT2D eigenvalue weighted by molar-refractivity contribution is 5.75. The van der Waals surface area contributed by atoms with Gasteiger partial charge in [-0.15, -0.1) is 0 Å². The monoisotopic (exact) mass is 360 g/mol. The van der Waals surface area contributed by atoms with Gasteiger partial charge in [0, 0.05) is 64.5 Å². The fourth-order valence-corrected chi connectivity index (χ4v) is 4.06. The van der Waals surface area contributed by atoms with Crippen molar-refractivity contribution >= 4 is 11.6 Å². The SMILES string of the molecule is CNC(=O)CCN1CCC[C@@H](N2CCN(c3ccc(OC)cc3)CC2)C1. The van der Waals surface area contributed by atoms with Gasteiger partial charge in [0.25, 0.3) is 0 Å². The van der Waals surface area contributed by atoms with Crippen molar-refractivity contribution in [2.75, 3.05) is 64.9 Å². The number of likely N-dealkylation sites (tertiary alicyclic amines) is 1. The van der Waals surface area contributed by atoms with E-state index in [2.05, 4.69) is 32.1 Å². The fraction of sp³-hybridized carbons (Fsp3) is 0.650. The summed E-state index contributed by atoms with van der Waals surface area (Å²) < 4.78 is 5.25. The average Bonchev–Trinajstić information content (AvgIpc) is 2.72. The Kier molecular flexibility index (Phi) is 6.74. The predicted octanol–water partition coefficient (Wildman–Crippen LogP) is 1.42. The minimum Gasteiger partial charge on any atom is -0.497 e. The number of benzene rings is 1. The number of hydrogen-bond acceptors (Lipinski definition) is 5. The summed E-state index contributed by atoms with van der Waals surface area (Å²) in [4.78, 5) is 19.1. The van der Waals surface area contributed by atoms with Crippen molar-refractivity contribution in [1.82, 2.24) is 15.1 Å². The third kappa shape index (κ3) is 4.89. The number of nitrogens with zero attached hydrogens (tertiary/aromatic N) is 3. The van der Waals surface area contributed by atoms with Gasteiger partial charge in [-0.1, -0.05) is 0 Å². The fourth-order valence-electron chi connectivity index (χ4n) is 4.06. The second kappa shape index (κ2) is 9.24. The first-order chi connectivity index (χ1) is 12.7. The van der Waals surface area contributed by atoms with Crippen molar-refractivity contribution in [3.8, 4) is 5.75 Å². The molecule has 6 nitrogen and oxygen atoms in total. The molecule has 0 bridgehead atoms. The van der Waals surface area contributed by atoms with Gasteiger partial charge in [-0.2, -0.15) is 0 Å². The molecule has 6 heteroatoms. The van der Waals surface area contributed by atoms with Crippen LogP contribution in [0.1, 0.15) is 19.3 Å². The van der Waals surface area contributed by atoms with Crippen LogP contribution in [0.3, 0.4) is 0 Å². The molecule has 2 aliphatic heterocycles. The number of rotatable bonds is 6. The van der Waals surface area contributed by atoms with Gasteiger partial charge >= 0.3 is 0 Å². The number of ether oxygens (including phenoxy) is 1. The molecule has 0 unspecified atom stereocenters. The first-order valence-corrected chi connectivity index (χ1v) is 9.75. The molecule has 3 rings (SSSR count). The molecule has 2 fully saturated rings. The Morgan fingerprint density at radius 3 is 2.54 bits per heavy atom. The summed E-state index contributed by atoms with van der Waals surface area (Å²) in [5.41, 5.74) is 1.28. The van der Waals surface area contributed by atoms with Crippen molar-refractivity contribution < 1.29 is 9.53 Å². The quantitative estimate of drug-likeness (QED) is 0.831. The molecule has 0 aromatic heterocycles. The first kappa shape index (κ1) is 19.0. The normalized spacial score (nSPS) is 22.2. The van der Waals surface area contributed by atoms with E-state index in [0.29, 0.717) is 12.5 Å². The summed E-state index contributed by atoms with van der Waals surface area (Å²) in [6.07, 6.45) is 3.12. The molecule has 2 aliphatic rings. The molecule has 0 radical (unpaired) electrons. The van der Waals surface area contributed by atoms with Crippen LogP contribution in [0.5, 0.6) is 5.75 Å². The largest absolute Gasteiger partial charge is 0.497 e. The maximum atomic E-state index is 11.5. The lowest BCUT2D eigenvalue weighted by molar-refractivity contribution is -0.121. The molecule has 1 atom stereocenters. The molecule has 2 saturated heterocycles. The summed E-state index contributed by atoms with van der Waals surface area (Å²) in [5.74, 6) is 1.05. The van der Waals surface area contributed by atoms with E-state index in [0.717, 1.165) is 51.6 Å². The minimum absolute atomic E-state index is 0.139. The molecule has 0 aliphatic carbocycles. The lowest BCUT2D eigenvalue weighted by atomic mass is 10.0. The van der Waals surface area contributed by atoms with E-state index < -0.39 is 0 Å². The Bertz CT molecular complexity index is 570. The van der Waals surface area contributed by atoms with E-state index >= 15 is 0 Å². The highest BCUT2D eigenvalue weighted by Gasteiger charge is 2.28. The molecule has 1 aromatic carbocycles. The highest BCUT2D eigenvalue weighted by Crippen LogP contribution is 2.23. The van der Waals surface area contributed by atoms with Crippen LogP contribution < -0.4 is 15.0 Å². The lowest BCUT2D eigenvalue weighted by Crippen LogP contribution is -2.55. The van der Waals surface area contributed by atoms with Gasteiger partial charge < -0.3 is 19.9 Å². The van der Waals surface area contributed by atoms with Crippen LogP contribution in [-0.4, -0.2) is 81.7 Å². The minimum atomic E-state index is 0.139. The van der Waals surface area contributed by atoms with Crippen molar-refractivity contribution in [2.45, 2.75) is 25.3 Å². The Morgan fingerprint density at radius 1 is 1.15 bits per heavy atom. The van der Waals surface area contributed by atoms with Gasteiger partial charge in [-0.25, -0.2) is 0 Å². The number of hydrogen-bond donors (Lipinski definition) is 1. The predicted molar refractivity (Wildman–Crippen MR) is 105 cm³/mol. The van der Waals surface area contributed by atoms with Crippen LogP contribution >= 0.6 is 0 Å². The van der Waals surface area contributed by atoms with Crippen LogP contribution in [0.15, 0.2) is 24.3 Å². The Morgan fingerprint density at radius 2 is 1.88 bits per heavy atom. The van der Waals surface area contributed by atoms with E-state index in [9.17, 15) is 4.79 Å². The smallest absolute Gasteiger partial charge is 0.221 e. The van der Waals surface area contributed by atoms with E-state index in [1.807, 2.05) is 12.1 Å². The Labute approximate surface area is 157 Å². The number of carbonyl (C=O) groups is 1. The maximum absolute atomic E-state index is 11.5. The maximum Gasteiger partial charge on any atom is 0.221 e. The summed E-state index contributed by atoms with van der Waals surface area (Å²) in [6, 6.07) is 9.00. The van der Waals surface area contributed by atoms with Crippen LogP contribution in [0.25, 0.3) is 0 Å². The molecule has 0 spiro atoms. The van der Waals surface area contributed by atoms with Crippen LogP contribution in [-0.2, 0) is 4.79 Å². The second-order valence-electron chi connectivity index (χ2n) is 7.24. The van der Waals surface area contributed by atoms with Gasteiger partial charge in [0.05, 0.1) is 7.11 Å². The number of amides is 1. The molecule has 1 N–H and O–H groups in total. The second-order valence-corrected chi connectivity index (χ2v) is 7.24. The summed E-state index contributed by atoms with van der Waals surface area (Å²) in [7, 11) is 3.42. The molecule has 144 valence electrons. The summed E-state index contributed by atoms with van der Waals surface area (Å²) in [5, 5.41) is 2.72. The highest BCUT2D eigenvalue weighted by atomic mass is 16.5. The van der Waals surface area contributed by atoms with E-state index in [1.165, 1.54) is 18.5 Å². The van der Waals surface area contributed by atoms with Gasteiger partial charge in [0.1, 0.15) is 5.75 Å². The lowest BCUT2D eigenvalue weighted by Gasteiger charge is -2.44. The molecule has 0 saturated carbocycles. The number of nitrogens with one attached hydrogen (secondary N) is 1. The van der Waals surface area contributed by atoms with Gasteiger partial charge in [-0.3, -0.25) is 9.69 Å². The van der Waals surface area contributed by atoms with Crippen molar-refractivity contribution in [2.24, 2.45) is 0 Å². The van der Waals surface area contributed by atoms with Gasteiger partial charge in [0.15, 0.2) is 0 Å². The molecule has 1 aromatic rings. The third-order valence-electron chi connectivity index (χ3n) is 5.68. The number of piperazine rings is 1. The van der Waals surface area contributed by atoms with Crippen LogP contribution in [0.2, 0.25) is 0 Å². The third-order valence-corrected chi connectivity index (χ3v) is 5.68. The number of carbonyl (C=O) groups excluding carboxylic acids is 1. The zero-order valence-electron chi connectivity index (χ0n) is 16.1. The Hall–Kier alpha value is -1.79. The van der Waals surface area contributed by atoms with Gasteiger partial charge in [-0.05, 0) is 43.7 Å². The van der Waals surface area contributed by atoms with Gasteiger partial charge in [0.2, 0.25) is 5.91 Å². The summed E-state index contributed by atoms with van der Waals surface area (Å²) in [6.45, 7) is 7.46.